The summed E-state index contributed by atoms with van der Waals surface area (Å²) in [5.74, 6) is -0.154. The second kappa shape index (κ2) is 8.34. The smallest absolute Gasteiger partial charge is 0.338 e. The van der Waals surface area contributed by atoms with Crippen LogP contribution in [0.2, 0.25) is 0 Å². The van der Waals surface area contributed by atoms with Crippen molar-refractivity contribution < 1.29 is 18.0 Å². The number of urea groups is 1. The number of hydrogen-bond donors (Lipinski definition) is 0. The number of carbonyl (C=O) groups is 2. The lowest BCUT2D eigenvalue weighted by molar-refractivity contribution is -0.133. The molecule has 8 heteroatoms. The van der Waals surface area contributed by atoms with Crippen molar-refractivity contribution in [3.63, 3.8) is 0 Å². The number of rotatable bonds is 4. The number of benzene rings is 2. The number of piperidine rings is 1. The van der Waals surface area contributed by atoms with Crippen LogP contribution in [0.25, 0.3) is 0 Å². The van der Waals surface area contributed by atoms with Gasteiger partial charge >= 0.3 is 6.03 Å². The maximum atomic E-state index is 13.5. The van der Waals surface area contributed by atoms with Crippen molar-refractivity contribution in [1.82, 2.24) is 4.90 Å². The monoisotopic (exact) mass is 441 g/mol. The number of sulfonamides is 1. The van der Waals surface area contributed by atoms with Gasteiger partial charge < -0.3 is 4.90 Å². The Morgan fingerprint density at radius 1 is 1.03 bits per heavy atom. The molecule has 0 radical (unpaired) electrons. The van der Waals surface area contributed by atoms with Crippen molar-refractivity contribution in [1.29, 1.82) is 0 Å². The number of likely N-dealkylation sites (tertiary alicyclic amines) is 1. The SMILES string of the molecule is CC[C@@H]1CCCCN1C(=O)CN1C(=O)N(c2ccccc2C)S(=O)(=O)c2ccccc21. The molecular weight excluding hydrogens is 414 g/mol. The molecule has 1 fully saturated rings. The Morgan fingerprint density at radius 2 is 1.71 bits per heavy atom. The van der Waals surface area contributed by atoms with Crippen LogP contribution in [-0.4, -0.2) is 44.4 Å². The summed E-state index contributed by atoms with van der Waals surface area (Å²) < 4.78 is 27.6. The molecule has 2 heterocycles. The largest absolute Gasteiger partial charge is 0.343 e. The van der Waals surface area contributed by atoms with Gasteiger partial charge in [0, 0.05) is 12.6 Å². The third kappa shape index (κ3) is 3.69. The summed E-state index contributed by atoms with van der Waals surface area (Å²) in [6, 6.07) is 12.6. The fraction of sp³-hybridized carbons (Fsp3) is 0.391. The molecule has 0 spiro atoms. The third-order valence-corrected chi connectivity index (χ3v) is 7.86. The van der Waals surface area contributed by atoms with Crippen LogP contribution in [0.5, 0.6) is 0 Å². The number of aryl methyl sites for hydroxylation is 1. The van der Waals surface area contributed by atoms with Gasteiger partial charge in [0.25, 0.3) is 10.0 Å². The minimum atomic E-state index is -4.10. The Kier molecular flexibility index (Phi) is 5.75. The normalized spacial score (nSPS) is 20.5. The van der Waals surface area contributed by atoms with E-state index in [0.29, 0.717) is 17.8 Å². The Bertz CT molecular complexity index is 1120. The minimum Gasteiger partial charge on any atom is -0.338 e. The van der Waals surface area contributed by atoms with E-state index >= 15 is 0 Å². The first-order valence-corrected chi connectivity index (χ1v) is 12.1. The zero-order valence-corrected chi connectivity index (χ0v) is 18.6. The number of fused-ring (bicyclic) bond motifs is 1. The highest BCUT2D eigenvalue weighted by Crippen LogP contribution is 2.38. The summed E-state index contributed by atoms with van der Waals surface area (Å²) in [5.41, 5.74) is 1.20. The molecule has 0 bridgehead atoms. The maximum Gasteiger partial charge on any atom is 0.343 e. The van der Waals surface area contributed by atoms with Gasteiger partial charge in [-0.1, -0.05) is 37.3 Å². The van der Waals surface area contributed by atoms with Crippen molar-refractivity contribution in [2.24, 2.45) is 0 Å². The maximum absolute atomic E-state index is 13.5. The van der Waals surface area contributed by atoms with Crippen molar-refractivity contribution in [3.05, 3.63) is 54.1 Å². The van der Waals surface area contributed by atoms with E-state index in [9.17, 15) is 18.0 Å². The molecule has 164 valence electrons. The molecule has 0 unspecified atom stereocenters. The van der Waals surface area contributed by atoms with Gasteiger partial charge in [0.05, 0.1) is 11.4 Å². The summed E-state index contributed by atoms with van der Waals surface area (Å²) in [5, 5.41) is 0. The summed E-state index contributed by atoms with van der Waals surface area (Å²) in [7, 11) is -4.10. The van der Waals surface area contributed by atoms with Crippen LogP contribution in [0, 0.1) is 6.92 Å². The van der Waals surface area contributed by atoms with Crippen LogP contribution in [0.3, 0.4) is 0 Å². The molecule has 7 nitrogen and oxygen atoms in total. The van der Waals surface area contributed by atoms with Crippen LogP contribution in [0.15, 0.2) is 53.4 Å². The molecule has 0 saturated carbocycles. The molecular formula is C23H27N3O4S. The van der Waals surface area contributed by atoms with E-state index in [0.717, 1.165) is 30.0 Å². The Hall–Kier alpha value is -2.87. The molecule has 0 N–H and O–H groups in total. The molecule has 1 saturated heterocycles. The lowest BCUT2D eigenvalue weighted by Gasteiger charge is -2.39. The summed E-state index contributed by atoms with van der Waals surface area (Å²) in [6.45, 7) is 4.29. The van der Waals surface area contributed by atoms with E-state index in [4.69, 9.17) is 0 Å². The number of nitrogens with zero attached hydrogens (tertiary/aromatic N) is 3. The number of amides is 3. The molecule has 2 aromatic carbocycles. The standard InChI is InChI=1S/C23H27N3O4S/c1-3-18-11-8-9-15-24(18)22(27)16-25-20-13-6-7-14-21(20)31(29,30)26(23(25)28)19-12-5-4-10-17(19)2/h4-7,10,12-14,18H,3,8-9,11,15-16H2,1-2H3/t18-/m1/s1. The highest BCUT2D eigenvalue weighted by molar-refractivity contribution is 7.94. The van der Waals surface area contributed by atoms with Gasteiger partial charge in [0.15, 0.2) is 0 Å². The fourth-order valence-corrected chi connectivity index (χ4v) is 6.13. The summed E-state index contributed by atoms with van der Waals surface area (Å²) in [6.07, 6.45) is 3.85. The molecule has 4 rings (SSSR count). The molecule has 1 atom stereocenters. The van der Waals surface area contributed by atoms with Crippen LogP contribution in [0.1, 0.15) is 38.2 Å². The van der Waals surface area contributed by atoms with E-state index in [1.165, 1.54) is 11.0 Å². The predicted octanol–water partition coefficient (Wildman–Crippen LogP) is 3.92. The minimum absolute atomic E-state index is 0.0244. The molecule has 0 aromatic heterocycles. The van der Waals surface area contributed by atoms with Gasteiger partial charge in [-0.05, 0) is 56.4 Å². The topological polar surface area (TPSA) is 78.0 Å². The second-order valence-corrected chi connectivity index (χ2v) is 9.79. The number of carbonyl (C=O) groups excluding carboxylic acids is 2. The average molecular weight is 442 g/mol. The van der Waals surface area contributed by atoms with Crippen LogP contribution in [0.4, 0.5) is 16.2 Å². The van der Waals surface area contributed by atoms with Gasteiger partial charge in [0.2, 0.25) is 5.91 Å². The molecule has 31 heavy (non-hydrogen) atoms. The molecule has 3 amide bonds. The predicted molar refractivity (Wildman–Crippen MR) is 120 cm³/mol. The van der Waals surface area contributed by atoms with Crippen molar-refractivity contribution in [2.45, 2.75) is 50.5 Å². The molecule has 2 aromatic rings. The number of anilines is 2. The first kappa shape index (κ1) is 21.4. The van der Waals surface area contributed by atoms with Gasteiger partial charge in [-0.15, -0.1) is 0 Å². The lowest BCUT2D eigenvalue weighted by Crippen LogP contribution is -2.55. The van der Waals surface area contributed by atoms with Gasteiger partial charge in [-0.25, -0.2) is 13.2 Å². The summed E-state index contributed by atoms with van der Waals surface area (Å²) >= 11 is 0. The third-order valence-electron chi connectivity index (χ3n) is 6.13. The first-order valence-electron chi connectivity index (χ1n) is 10.7. The summed E-state index contributed by atoms with van der Waals surface area (Å²) in [4.78, 5) is 29.9. The van der Waals surface area contributed by atoms with E-state index in [2.05, 4.69) is 6.92 Å². The molecule has 0 aliphatic carbocycles. The fourth-order valence-electron chi connectivity index (χ4n) is 4.47. The van der Waals surface area contributed by atoms with Gasteiger partial charge in [-0.2, -0.15) is 4.31 Å². The average Bonchev–Trinajstić information content (AvgIpc) is 2.77. The lowest BCUT2D eigenvalue weighted by atomic mass is 10.00. The highest BCUT2D eigenvalue weighted by atomic mass is 32.2. The number of para-hydroxylation sites is 2. The van der Waals surface area contributed by atoms with Gasteiger partial charge in [0.1, 0.15) is 11.4 Å². The second-order valence-electron chi connectivity index (χ2n) is 8.04. The Balaban J connectivity index is 1.76. The van der Waals surface area contributed by atoms with E-state index in [1.807, 2.05) is 4.90 Å². The quantitative estimate of drug-likeness (QED) is 0.720. The van der Waals surface area contributed by atoms with Crippen LogP contribution >= 0.6 is 0 Å². The Labute approximate surface area is 183 Å². The van der Waals surface area contributed by atoms with E-state index < -0.39 is 16.1 Å². The van der Waals surface area contributed by atoms with Crippen molar-refractivity contribution in [3.8, 4) is 0 Å². The first-order chi connectivity index (χ1) is 14.9. The number of hydrogen-bond acceptors (Lipinski definition) is 4. The van der Waals surface area contributed by atoms with Crippen molar-refractivity contribution in [2.75, 3.05) is 22.3 Å². The van der Waals surface area contributed by atoms with Crippen molar-refractivity contribution >= 4 is 33.3 Å². The van der Waals surface area contributed by atoms with Crippen LogP contribution in [-0.2, 0) is 14.8 Å². The molecule has 2 aliphatic heterocycles. The van der Waals surface area contributed by atoms with Gasteiger partial charge in [-0.3, -0.25) is 9.69 Å². The Morgan fingerprint density at radius 3 is 2.42 bits per heavy atom. The van der Waals surface area contributed by atoms with E-state index in [-0.39, 0.29) is 29.1 Å². The molecule has 2 aliphatic rings. The van der Waals surface area contributed by atoms with Crippen LogP contribution < -0.4 is 9.21 Å². The highest BCUT2D eigenvalue weighted by Gasteiger charge is 2.44. The zero-order chi connectivity index (χ0) is 22.2. The zero-order valence-electron chi connectivity index (χ0n) is 17.8. The van der Waals surface area contributed by atoms with E-state index in [1.54, 1.807) is 49.4 Å².